The Labute approximate surface area is 154 Å². The fourth-order valence-corrected chi connectivity index (χ4v) is 4.09. The van der Waals surface area contributed by atoms with Crippen LogP contribution in [0.1, 0.15) is 42.0 Å². The summed E-state index contributed by atoms with van der Waals surface area (Å²) in [6.45, 7) is 2.01. The van der Waals surface area contributed by atoms with E-state index in [-0.39, 0.29) is 6.04 Å². The number of likely N-dealkylation sites (tertiary alicyclic amines) is 1. The number of phenols is 1. The average molecular weight is 342 g/mol. The van der Waals surface area contributed by atoms with Crippen molar-refractivity contribution in [1.82, 2.24) is 4.90 Å². The van der Waals surface area contributed by atoms with Crippen LogP contribution >= 0.6 is 0 Å². The van der Waals surface area contributed by atoms with Crippen molar-refractivity contribution in [3.63, 3.8) is 0 Å². The Balaban J connectivity index is 1.94. The molecule has 4 rings (SSSR count). The van der Waals surface area contributed by atoms with Gasteiger partial charge in [-0.1, -0.05) is 48.9 Å². The minimum Gasteiger partial charge on any atom is -0.508 e. The van der Waals surface area contributed by atoms with Gasteiger partial charge in [-0.25, -0.2) is 0 Å². The Hall–Kier alpha value is -2.83. The van der Waals surface area contributed by atoms with E-state index in [1.165, 1.54) is 19.3 Å². The first-order valence-electron chi connectivity index (χ1n) is 9.22. The lowest BCUT2D eigenvalue weighted by Crippen LogP contribution is -2.34. The van der Waals surface area contributed by atoms with Crippen LogP contribution in [0.15, 0.2) is 60.7 Å². The normalized spacial score (nSPS) is 16.3. The van der Waals surface area contributed by atoms with Crippen LogP contribution in [0, 0.1) is 11.3 Å². The highest BCUT2D eigenvalue weighted by atomic mass is 16.3. The van der Waals surface area contributed by atoms with E-state index < -0.39 is 0 Å². The van der Waals surface area contributed by atoms with E-state index >= 15 is 0 Å². The van der Waals surface area contributed by atoms with E-state index in [1.54, 1.807) is 6.07 Å². The van der Waals surface area contributed by atoms with Gasteiger partial charge in [0, 0.05) is 5.56 Å². The molecule has 3 aromatic carbocycles. The van der Waals surface area contributed by atoms with Crippen molar-refractivity contribution < 1.29 is 5.11 Å². The van der Waals surface area contributed by atoms with Gasteiger partial charge in [-0.2, -0.15) is 5.26 Å². The zero-order chi connectivity index (χ0) is 17.9. The Kier molecular flexibility index (Phi) is 4.60. The molecule has 3 aromatic rings. The summed E-state index contributed by atoms with van der Waals surface area (Å²) in [7, 11) is 0. The van der Waals surface area contributed by atoms with Crippen molar-refractivity contribution in [3.8, 4) is 11.8 Å². The Morgan fingerprint density at radius 2 is 1.73 bits per heavy atom. The van der Waals surface area contributed by atoms with E-state index in [9.17, 15) is 10.4 Å². The fraction of sp³-hybridized carbons (Fsp3) is 0.261. The Morgan fingerprint density at radius 3 is 2.54 bits per heavy atom. The van der Waals surface area contributed by atoms with Crippen molar-refractivity contribution in [3.05, 3.63) is 77.4 Å². The van der Waals surface area contributed by atoms with E-state index in [0.717, 1.165) is 35.0 Å². The second-order valence-electron chi connectivity index (χ2n) is 6.96. The predicted octanol–water partition coefficient (Wildman–Crippen LogP) is 4.99. The SMILES string of the molecule is N#Cc1cccc([C@H](c2c(O)ccc3ccccc23)N2CCCCC2)c1. The number of fused-ring (bicyclic) bond motifs is 1. The number of hydrogen-bond donors (Lipinski definition) is 1. The maximum Gasteiger partial charge on any atom is 0.121 e. The second kappa shape index (κ2) is 7.19. The zero-order valence-electron chi connectivity index (χ0n) is 14.7. The molecule has 0 bridgehead atoms. The molecule has 0 aliphatic carbocycles. The molecule has 26 heavy (non-hydrogen) atoms. The standard InChI is InChI=1S/C23H22N2O/c24-16-17-7-6-9-19(15-17)23(25-13-4-1-5-14-25)22-20-10-3-2-8-18(20)11-12-21(22)26/h2-3,6-12,15,23,26H,1,4-5,13-14H2/t23-/m1/s1. The average Bonchev–Trinajstić information content (AvgIpc) is 2.71. The highest BCUT2D eigenvalue weighted by Crippen LogP contribution is 2.40. The molecule has 1 aliphatic rings. The predicted molar refractivity (Wildman–Crippen MR) is 104 cm³/mol. The molecule has 0 saturated carbocycles. The number of piperidine rings is 1. The number of hydrogen-bond acceptors (Lipinski definition) is 3. The van der Waals surface area contributed by atoms with Crippen LogP contribution < -0.4 is 0 Å². The van der Waals surface area contributed by atoms with Gasteiger partial charge in [0.15, 0.2) is 0 Å². The molecule has 1 fully saturated rings. The smallest absolute Gasteiger partial charge is 0.121 e. The minimum absolute atomic E-state index is 0.0466. The molecule has 0 spiro atoms. The summed E-state index contributed by atoms with van der Waals surface area (Å²) in [4.78, 5) is 2.45. The van der Waals surface area contributed by atoms with Gasteiger partial charge in [0.25, 0.3) is 0 Å². The lowest BCUT2D eigenvalue weighted by molar-refractivity contribution is 0.186. The number of aromatic hydroxyl groups is 1. The molecular formula is C23H22N2O. The summed E-state index contributed by atoms with van der Waals surface area (Å²) < 4.78 is 0. The van der Waals surface area contributed by atoms with E-state index in [2.05, 4.69) is 29.2 Å². The molecule has 0 unspecified atom stereocenters. The third kappa shape index (κ3) is 3.05. The van der Waals surface area contributed by atoms with Crippen LogP contribution in [0.2, 0.25) is 0 Å². The van der Waals surface area contributed by atoms with Gasteiger partial charge in [0.1, 0.15) is 5.75 Å². The highest BCUT2D eigenvalue weighted by molar-refractivity contribution is 5.88. The van der Waals surface area contributed by atoms with E-state index in [0.29, 0.717) is 11.3 Å². The van der Waals surface area contributed by atoms with Crippen molar-refractivity contribution in [2.45, 2.75) is 25.3 Å². The molecular weight excluding hydrogens is 320 g/mol. The zero-order valence-corrected chi connectivity index (χ0v) is 14.7. The van der Waals surface area contributed by atoms with Gasteiger partial charge >= 0.3 is 0 Å². The van der Waals surface area contributed by atoms with Crippen molar-refractivity contribution in [2.24, 2.45) is 0 Å². The lowest BCUT2D eigenvalue weighted by Gasteiger charge is -2.36. The van der Waals surface area contributed by atoms with Crippen LogP contribution in [0.4, 0.5) is 0 Å². The first-order chi connectivity index (χ1) is 12.8. The first kappa shape index (κ1) is 16.6. The van der Waals surface area contributed by atoms with Gasteiger partial charge in [0.2, 0.25) is 0 Å². The molecule has 130 valence electrons. The molecule has 0 radical (unpaired) electrons. The summed E-state index contributed by atoms with van der Waals surface area (Å²) >= 11 is 0. The van der Waals surface area contributed by atoms with Crippen LogP contribution in [0.5, 0.6) is 5.75 Å². The largest absolute Gasteiger partial charge is 0.508 e. The Bertz CT molecular complexity index is 967. The van der Waals surface area contributed by atoms with Gasteiger partial charge in [-0.05, 0) is 60.5 Å². The molecule has 0 aromatic heterocycles. The van der Waals surface area contributed by atoms with Crippen molar-refractivity contribution in [1.29, 1.82) is 5.26 Å². The lowest BCUT2D eigenvalue weighted by atomic mass is 9.89. The van der Waals surface area contributed by atoms with E-state index in [1.807, 2.05) is 36.4 Å². The summed E-state index contributed by atoms with van der Waals surface area (Å²) in [5, 5.41) is 22.3. The fourth-order valence-electron chi connectivity index (χ4n) is 4.09. The van der Waals surface area contributed by atoms with Crippen LogP contribution in [0.25, 0.3) is 10.8 Å². The highest BCUT2D eigenvalue weighted by Gasteiger charge is 2.28. The summed E-state index contributed by atoms with van der Waals surface area (Å²) in [5.41, 5.74) is 2.67. The molecule has 0 amide bonds. The number of nitrogens with zero attached hydrogens (tertiary/aromatic N) is 2. The van der Waals surface area contributed by atoms with Crippen LogP contribution in [-0.2, 0) is 0 Å². The molecule has 3 heteroatoms. The van der Waals surface area contributed by atoms with Crippen LogP contribution in [-0.4, -0.2) is 23.1 Å². The van der Waals surface area contributed by atoms with Gasteiger partial charge in [0.05, 0.1) is 17.7 Å². The molecule has 1 atom stereocenters. The van der Waals surface area contributed by atoms with Gasteiger partial charge in [-0.15, -0.1) is 0 Å². The van der Waals surface area contributed by atoms with Crippen molar-refractivity contribution >= 4 is 10.8 Å². The number of benzene rings is 3. The van der Waals surface area contributed by atoms with Crippen LogP contribution in [0.3, 0.4) is 0 Å². The number of phenolic OH excluding ortho intramolecular Hbond substituents is 1. The molecule has 1 aliphatic heterocycles. The quantitative estimate of drug-likeness (QED) is 0.729. The third-order valence-electron chi connectivity index (χ3n) is 5.31. The third-order valence-corrected chi connectivity index (χ3v) is 5.31. The monoisotopic (exact) mass is 342 g/mol. The van der Waals surface area contributed by atoms with E-state index in [4.69, 9.17) is 0 Å². The Morgan fingerprint density at radius 1 is 0.923 bits per heavy atom. The second-order valence-corrected chi connectivity index (χ2v) is 6.96. The van der Waals surface area contributed by atoms with Crippen molar-refractivity contribution in [2.75, 3.05) is 13.1 Å². The maximum atomic E-state index is 10.8. The summed E-state index contributed by atoms with van der Waals surface area (Å²) in [6, 6.07) is 22.0. The maximum absolute atomic E-state index is 10.8. The molecule has 1 heterocycles. The van der Waals surface area contributed by atoms with Gasteiger partial charge in [-0.3, -0.25) is 4.90 Å². The summed E-state index contributed by atoms with van der Waals surface area (Å²) in [5.74, 6) is 0.321. The number of rotatable bonds is 3. The topological polar surface area (TPSA) is 47.3 Å². The summed E-state index contributed by atoms with van der Waals surface area (Å²) in [6.07, 6.45) is 3.59. The minimum atomic E-state index is -0.0466. The molecule has 1 saturated heterocycles. The molecule has 1 N–H and O–H groups in total. The number of nitriles is 1. The molecule has 3 nitrogen and oxygen atoms in total. The first-order valence-corrected chi connectivity index (χ1v) is 9.22. The van der Waals surface area contributed by atoms with Gasteiger partial charge < -0.3 is 5.11 Å².